The van der Waals surface area contributed by atoms with E-state index in [1.165, 1.54) is 0 Å². The van der Waals surface area contributed by atoms with E-state index in [4.69, 9.17) is 5.21 Å². The highest BCUT2D eigenvalue weighted by molar-refractivity contribution is 5.88. The number of aldehydes is 1. The molecule has 0 aromatic rings. The first-order chi connectivity index (χ1) is 8.10. The highest BCUT2D eigenvalue weighted by Gasteiger charge is 2.06. The van der Waals surface area contributed by atoms with Crippen LogP contribution >= 0.6 is 0 Å². The fraction of sp³-hybridized carbons (Fsp3) is 0.500. The van der Waals surface area contributed by atoms with Gasteiger partial charge in [-0.05, 0) is 0 Å². The fourth-order valence-electron chi connectivity index (χ4n) is 0.773. The van der Waals surface area contributed by atoms with E-state index in [1.54, 1.807) is 5.48 Å². The zero-order valence-corrected chi connectivity index (χ0v) is 8.99. The summed E-state index contributed by atoms with van der Waals surface area (Å²) in [5.41, 5.74) is 1.62. The van der Waals surface area contributed by atoms with Gasteiger partial charge >= 0.3 is 0 Å². The van der Waals surface area contributed by atoms with E-state index in [0.29, 0.717) is 6.29 Å². The fourth-order valence-corrected chi connectivity index (χ4v) is 0.773. The highest BCUT2D eigenvalue weighted by Crippen LogP contribution is 1.68. The molecule has 0 aromatic heterocycles. The summed E-state index contributed by atoms with van der Waals surface area (Å²) in [7, 11) is 0. The molecule has 9 nitrogen and oxygen atoms in total. The number of carbonyl (C=O) groups is 4. The van der Waals surface area contributed by atoms with E-state index >= 15 is 0 Å². The molecule has 9 heteroatoms. The van der Waals surface area contributed by atoms with Gasteiger partial charge in [0.25, 0.3) is 0 Å². The first-order valence-corrected chi connectivity index (χ1v) is 4.70. The molecule has 0 aliphatic carbocycles. The molecular formula is C8H14N4O5. The van der Waals surface area contributed by atoms with Gasteiger partial charge in [0.1, 0.15) is 6.29 Å². The predicted octanol–water partition coefficient (Wildman–Crippen LogP) is -3.49. The molecule has 3 amide bonds. The second-order valence-electron chi connectivity index (χ2n) is 2.86. The molecule has 0 radical (unpaired) electrons. The predicted molar refractivity (Wildman–Crippen MR) is 54.9 cm³/mol. The Labute approximate surface area is 96.9 Å². The number of amides is 3. The van der Waals surface area contributed by atoms with E-state index in [2.05, 4.69) is 16.0 Å². The molecule has 0 aromatic carbocycles. The number of carbonyl (C=O) groups excluding carboxylic acids is 4. The molecule has 5 N–H and O–H groups in total. The normalized spacial score (nSPS) is 9.24. The molecule has 0 saturated heterocycles. The molecular weight excluding hydrogens is 232 g/mol. The van der Waals surface area contributed by atoms with Crippen molar-refractivity contribution in [1.82, 2.24) is 21.4 Å². The van der Waals surface area contributed by atoms with Gasteiger partial charge in [-0.25, -0.2) is 0 Å². The van der Waals surface area contributed by atoms with Gasteiger partial charge in [0, 0.05) is 0 Å². The van der Waals surface area contributed by atoms with E-state index in [9.17, 15) is 19.2 Å². The van der Waals surface area contributed by atoms with Crippen molar-refractivity contribution in [3.05, 3.63) is 0 Å². The van der Waals surface area contributed by atoms with Crippen molar-refractivity contribution in [2.45, 2.75) is 0 Å². The Morgan fingerprint density at radius 2 is 1.35 bits per heavy atom. The average molecular weight is 246 g/mol. The maximum Gasteiger partial charge on any atom is 0.239 e. The first-order valence-electron chi connectivity index (χ1n) is 4.70. The van der Waals surface area contributed by atoms with Gasteiger partial charge in [-0.3, -0.25) is 14.4 Å². The Morgan fingerprint density at radius 3 is 1.82 bits per heavy atom. The monoisotopic (exact) mass is 246 g/mol. The van der Waals surface area contributed by atoms with Crippen LogP contribution in [0.4, 0.5) is 0 Å². The summed E-state index contributed by atoms with van der Waals surface area (Å²) < 4.78 is 0. The Bertz CT molecular complexity index is 294. The molecule has 0 unspecified atom stereocenters. The Morgan fingerprint density at radius 1 is 0.882 bits per heavy atom. The summed E-state index contributed by atoms with van der Waals surface area (Å²) in [6.45, 7) is -1.02. The van der Waals surface area contributed by atoms with Crippen molar-refractivity contribution in [3.63, 3.8) is 0 Å². The minimum atomic E-state index is -0.562. The molecule has 0 saturated carbocycles. The van der Waals surface area contributed by atoms with Crippen molar-refractivity contribution in [2.75, 3.05) is 26.2 Å². The van der Waals surface area contributed by atoms with Gasteiger partial charge in [0.05, 0.1) is 26.2 Å². The molecule has 0 rings (SSSR count). The van der Waals surface area contributed by atoms with Gasteiger partial charge in [0.15, 0.2) is 0 Å². The van der Waals surface area contributed by atoms with E-state index in [0.717, 1.165) is 0 Å². The molecule has 0 fully saturated rings. The standard InChI is InChI=1S/C8H14N4O5/c13-2-1-9-6(14)3-10-7(15)4-11-8(16)5-12-17/h2,12,17H,1,3-5H2,(H,9,14)(H,10,15)(H,11,16). The zero-order chi connectivity index (χ0) is 13.1. The maximum absolute atomic E-state index is 11.1. The zero-order valence-electron chi connectivity index (χ0n) is 8.99. The number of hydrogen-bond acceptors (Lipinski definition) is 6. The van der Waals surface area contributed by atoms with Gasteiger partial charge in [0.2, 0.25) is 17.7 Å². The van der Waals surface area contributed by atoms with Crippen LogP contribution in [-0.2, 0) is 19.2 Å². The lowest BCUT2D eigenvalue weighted by molar-refractivity contribution is -0.128. The second-order valence-corrected chi connectivity index (χ2v) is 2.86. The van der Waals surface area contributed by atoms with Crippen molar-refractivity contribution in [1.29, 1.82) is 0 Å². The summed E-state index contributed by atoms with van der Waals surface area (Å²) in [5.74, 6) is -1.63. The first kappa shape index (κ1) is 15.0. The summed E-state index contributed by atoms with van der Waals surface area (Å²) in [6.07, 6.45) is 0.516. The van der Waals surface area contributed by atoms with Crippen LogP contribution < -0.4 is 21.4 Å². The maximum atomic E-state index is 11.1. The molecule has 0 heterocycles. The molecule has 0 aliphatic rings. The van der Waals surface area contributed by atoms with Gasteiger partial charge in [-0.1, -0.05) is 0 Å². The largest absolute Gasteiger partial charge is 0.348 e. The third-order valence-electron chi connectivity index (χ3n) is 1.51. The Kier molecular flexibility index (Phi) is 8.15. The summed E-state index contributed by atoms with van der Waals surface area (Å²) >= 11 is 0. The van der Waals surface area contributed by atoms with Crippen LogP contribution in [0.1, 0.15) is 0 Å². The average Bonchev–Trinajstić information content (AvgIpc) is 2.31. The summed E-state index contributed by atoms with van der Waals surface area (Å²) in [6, 6.07) is 0. The molecule has 96 valence electrons. The number of nitrogens with one attached hydrogen (secondary N) is 4. The van der Waals surface area contributed by atoms with Crippen LogP contribution in [0.3, 0.4) is 0 Å². The van der Waals surface area contributed by atoms with Gasteiger partial charge < -0.3 is 26.0 Å². The van der Waals surface area contributed by atoms with E-state index in [1.807, 2.05) is 0 Å². The third-order valence-corrected chi connectivity index (χ3v) is 1.51. The van der Waals surface area contributed by atoms with Crippen LogP contribution in [0.2, 0.25) is 0 Å². The minimum Gasteiger partial charge on any atom is -0.348 e. The molecule has 0 atom stereocenters. The smallest absolute Gasteiger partial charge is 0.239 e. The van der Waals surface area contributed by atoms with Crippen LogP contribution in [0, 0.1) is 0 Å². The number of rotatable bonds is 8. The quantitative estimate of drug-likeness (QED) is 0.223. The summed E-state index contributed by atoms with van der Waals surface area (Å²) in [5, 5.41) is 14.8. The second kappa shape index (κ2) is 9.24. The number of hydrogen-bond donors (Lipinski definition) is 5. The number of hydroxylamine groups is 1. The van der Waals surface area contributed by atoms with Crippen LogP contribution in [0.5, 0.6) is 0 Å². The molecule has 0 aliphatic heterocycles. The van der Waals surface area contributed by atoms with E-state index < -0.39 is 17.7 Å². The topological polar surface area (TPSA) is 137 Å². The lowest BCUT2D eigenvalue weighted by Gasteiger charge is -2.06. The van der Waals surface area contributed by atoms with Crippen molar-refractivity contribution in [2.24, 2.45) is 0 Å². The van der Waals surface area contributed by atoms with Crippen molar-refractivity contribution >= 4 is 24.0 Å². The third kappa shape index (κ3) is 8.96. The van der Waals surface area contributed by atoms with Crippen LogP contribution in [-0.4, -0.2) is 55.4 Å². The van der Waals surface area contributed by atoms with Gasteiger partial charge in [-0.2, -0.15) is 5.48 Å². The Hall–Kier alpha value is -2.00. The van der Waals surface area contributed by atoms with Gasteiger partial charge in [-0.15, -0.1) is 0 Å². The highest BCUT2D eigenvalue weighted by atomic mass is 16.5. The van der Waals surface area contributed by atoms with Crippen molar-refractivity contribution < 1.29 is 24.4 Å². The molecule has 0 bridgehead atoms. The Balaban J connectivity index is 3.62. The SMILES string of the molecule is O=CCNC(=O)CNC(=O)CNC(=O)CNO. The van der Waals surface area contributed by atoms with Crippen molar-refractivity contribution in [3.8, 4) is 0 Å². The minimum absolute atomic E-state index is 0.117. The van der Waals surface area contributed by atoms with E-state index in [-0.39, 0.29) is 26.2 Å². The lowest BCUT2D eigenvalue weighted by atomic mass is 10.5. The van der Waals surface area contributed by atoms with Crippen LogP contribution in [0.25, 0.3) is 0 Å². The summed E-state index contributed by atoms with van der Waals surface area (Å²) in [4.78, 5) is 42.7. The van der Waals surface area contributed by atoms with Crippen LogP contribution in [0.15, 0.2) is 0 Å². The molecule has 17 heavy (non-hydrogen) atoms. The molecule has 0 spiro atoms. The lowest BCUT2D eigenvalue weighted by Crippen LogP contribution is -2.43.